The fraction of sp³-hybridized carbons (Fsp3) is 0.200. The molecule has 0 aromatic heterocycles. The van der Waals surface area contributed by atoms with E-state index >= 15 is 0 Å². The number of benzene rings is 1. The largest absolute Gasteiger partial charge is 0.507 e. The van der Waals surface area contributed by atoms with Crippen molar-refractivity contribution in [3.63, 3.8) is 0 Å². The van der Waals surface area contributed by atoms with E-state index in [1.807, 2.05) is 6.07 Å². The number of alkyl halides is 1. The van der Waals surface area contributed by atoms with E-state index in [4.69, 9.17) is 16.9 Å². The highest BCUT2D eigenvalue weighted by Crippen LogP contribution is 2.27. The van der Waals surface area contributed by atoms with Gasteiger partial charge in [0.15, 0.2) is 0 Å². The SMILES string of the molecule is COC(=O)c1ccc(C#N)c(CCl)c1O. The van der Waals surface area contributed by atoms with E-state index in [1.54, 1.807) is 0 Å². The van der Waals surface area contributed by atoms with Crippen molar-refractivity contribution in [2.75, 3.05) is 7.11 Å². The van der Waals surface area contributed by atoms with Crippen molar-refractivity contribution in [1.82, 2.24) is 0 Å². The lowest BCUT2D eigenvalue weighted by molar-refractivity contribution is 0.0597. The number of ether oxygens (including phenoxy) is 1. The number of hydrogen-bond acceptors (Lipinski definition) is 4. The standard InChI is InChI=1S/C10H8ClNO3/c1-15-10(14)7-3-2-6(5-12)8(4-11)9(7)13/h2-3,13H,4H2,1H3. The van der Waals surface area contributed by atoms with Crippen molar-refractivity contribution in [2.24, 2.45) is 0 Å². The van der Waals surface area contributed by atoms with E-state index in [9.17, 15) is 9.90 Å². The lowest BCUT2D eigenvalue weighted by Gasteiger charge is -2.07. The van der Waals surface area contributed by atoms with Crippen LogP contribution >= 0.6 is 11.6 Å². The Hall–Kier alpha value is -1.73. The molecule has 1 aromatic carbocycles. The molecule has 0 saturated heterocycles. The molecule has 1 aromatic rings. The number of methoxy groups -OCH3 is 1. The van der Waals surface area contributed by atoms with Crippen LogP contribution in [0.1, 0.15) is 21.5 Å². The second-order valence-corrected chi connectivity index (χ2v) is 2.99. The Morgan fingerprint density at radius 2 is 2.33 bits per heavy atom. The molecule has 0 fully saturated rings. The van der Waals surface area contributed by atoms with Gasteiger partial charge in [0.25, 0.3) is 0 Å². The summed E-state index contributed by atoms with van der Waals surface area (Å²) in [5, 5.41) is 18.4. The third-order valence-corrected chi connectivity index (χ3v) is 2.21. The van der Waals surface area contributed by atoms with Gasteiger partial charge in [-0.3, -0.25) is 0 Å². The molecule has 0 unspecified atom stereocenters. The Labute approximate surface area is 91.7 Å². The first-order valence-electron chi connectivity index (χ1n) is 4.05. The van der Waals surface area contributed by atoms with Crippen molar-refractivity contribution < 1.29 is 14.6 Å². The van der Waals surface area contributed by atoms with Gasteiger partial charge in [0, 0.05) is 5.56 Å². The summed E-state index contributed by atoms with van der Waals surface area (Å²) >= 11 is 5.57. The van der Waals surface area contributed by atoms with Gasteiger partial charge in [0.1, 0.15) is 11.3 Å². The minimum atomic E-state index is -0.664. The third-order valence-electron chi connectivity index (χ3n) is 1.94. The summed E-state index contributed by atoms with van der Waals surface area (Å²) in [6, 6.07) is 4.62. The first kappa shape index (κ1) is 11.3. The van der Waals surface area contributed by atoms with E-state index in [0.29, 0.717) is 0 Å². The highest BCUT2D eigenvalue weighted by Gasteiger charge is 2.17. The maximum atomic E-state index is 11.2. The van der Waals surface area contributed by atoms with Crippen LogP contribution in [0.3, 0.4) is 0 Å². The molecule has 1 N–H and O–H groups in total. The van der Waals surface area contributed by atoms with Crippen LogP contribution < -0.4 is 0 Å². The topological polar surface area (TPSA) is 70.3 Å². The number of phenols is 1. The number of aromatic hydroxyl groups is 1. The van der Waals surface area contributed by atoms with Crippen LogP contribution in [0.15, 0.2) is 12.1 Å². The highest BCUT2D eigenvalue weighted by molar-refractivity contribution is 6.17. The average molecular weight is 226 g/mol. The number of esters is 1. The molecule has 5 heteroatoms. The number of halogens is 1. The summed E-state index contributed by atoms with van der Waals surface area (Å²) in [6.45, 7) is 0. The van der Waals surface area contributed by atoms with E-state index < -0.39 is 5.97 Å². The lowest BCUT2D eigenvalue weighted by atomic mass is 10.0. The van der Waals surface area contributed by atoms with Gasteiger partial charge in [-0.25, -0.2) is 4.79 Å². The number of carbonyl (C=O) groups excluding carboxylic acids is 1. The zero-order valence-corrected chi connectivity index (χ0v) is 8.71. The molecule has 15 heavy (non-hydrogen) atoms. The van der Waals surface area contributed by atoms with Gasteiger partial charge in [0.05, 0.1) is 24.6 Å². The Bertz CT molecular complexity index is 437. The first-order valence-corrected chi connectivity index (χ1v) is 4.58. The number of rotatable bonds is 2. The Morgan fingerprint density at radius 3 is 2.80 bits per heavy atom. The molecule has 0 amide bonds. The second kappa shape index (κ2) is 4.67. The first-order chi connectivity index (χ1) is 7.15. The zero-order chi connectivity index (χ0) is 11.4. The maximum absolute atomic E-state index is 11.2. The summed E-state index contributed by atoms with van der Waals surface area (Å²) in [5.74, 6) is -1.00. The van der Waals surface area contributed by atoms with Crippen LogP contribution in [0.2, 0.25) is 0 Å². The fourth-order valence-corrected chi connectivity index (χ4v) is 1.42. The summed E-state index contributed by atoms with van der Waals surface area (Å²) in [6.07, 6.45) is 0. The molecule has 0 aliphatic heterocycles. The molecular weight excluding hydrogens is 218 g/mol. The number of nitriles is 1. The number of hydrogen-bond donors (Lipinski definition) is 1. The molecule has 0 atom stereocenters. The molecule has 0 radical (unpaired) electrons. The summed E-state index contributed by atoms with van der Waals surface area (Å²) in [4.78, 5) is 11.2. The molecule has 0 saturated carbocycles. The average Bonchev–Trinajstić information content (AvgIpc) is 2.27. The van der Waals surface area contributed by atoms with Gasteiger partial charge >= 0.3 is 5.97 Å². The smallest absolute Gasteiger partial charge is 0.341 e. The van der Waals surface area contributed by atoms with Crippen molar-refractivity contribution in [2.45, 2.75) is 5.88 Å². The molecule has 0 spiro atoms. The number of nitrogens with zero attached hydrogens (tertiary/aromatic N) is 1. The monoisotopic (exact) mass is 225 g/mol. The van der Waals surface area contributed by atoms with E-state index in [1.165, 1.54) is 19.2 Å². The Morgan fingerprint density at radius 1 is 1.67 bits per heavy atom. The minimum Gasteiger partial charge on any atom is -0.507 e. The number of carbonyl (C=O) groups is 1. The van der Waals surface area contributed by atoms with Crippen LogP contribution in [0.4, 0.5) is 0 Å². The molecule has 0 bridgehead atoms. The highest BCUT2D eigenvalue weighted by atomic mass is 35.5. The van der Waals surface area contributed by atoms with E-state index in [2.05, 4.69) is 4.74 Å². The summed E-state index contributed by atoms with van der Waals surface area (Å²) in [7, 11) is 1.21. The normalized spacial score (nSPS) is 9.40. The van der Waals surface area contributed by atoms with Gasteiger partial charge in [-0.1, -0.05) is 0 Å². The summed E-state index contributed by atoms with van der Waals surface area (Å²) < 4.78 is 4.47. The predicted octanol–water partition coefficient (Wildman–Crippen LogP) is 1.79. The second-order valence-electron chi connectivity index (χ2n) is 2.72. The van der Waals surface area contributed by atoms with Crippen LogP contribution in [0.5, 0.6) is 5.75 Å². The molecule has 1 rings (SSSR count). The van der Waals surface area contributed by atoms with Crippen LogP contribution in [-0.2, 0) is 10.6 Å². The van der Waals surface area contributed by atoms with Gasteiger partial charge in [-0.15, -0.1) is 11.6 Å². The number of phenolic OH excluding ortho intramolecular Hbond substituents is 1. The molecule has 0 aliphatic carbocycles. The van der Waals surface area contributed by atoms with Gasteiger partial charge in [-0.2, -0.15) is 5.26 Å². The lowest BCUT2D eigenvalue weighted by Crippen LogP contribution is -2.03. The van der Waals surface area contributed by atoms with Gasteiger partial charge in [0.2, 0.25) is 0 Å². The van der Waals surface area contributed by atoms with E-state index in [0.717, 1.165) is 0 Å². The van der Waals surface area contributed by atoms with Crippen molar-refractivity contribution >= 4 is 17.6 Å². The van der Waals surface area contributed by atoms with Crippen molar-refractivity contribution in [3.8, 4) is 11.8 Å². The van der Waals surface area contributed by atoms with Crippen LogP contribution in [-0.4, -0.2) is 18.2 Å². The molecule has 4 nitrogen and oxygen atoms in total. The molecule has 78 valence electrons. The van der Waals surface area contributed by atoms with Crippen molar-refractivity contribution in [1.29, 1.82) is 5.26 Å². The quantitative estimate of drug-likeness (QED) is 0.615. The van der Waals surface area contributed by atoms with Gasteiger partial charge < -0.3 is 9.84 Å². The fourth-order valence-electron chi connectivity index (χ4n) is 1.15. The molecular formula is C10H8ClNO3. The van der Waals surface area contributed by atoms with Gasteiger partial charge in [-0.05, 0) is 12.1 Å². The van der Waals surface area contributed by atoms with E-state index in [-0.39, 0.29) is 28.3 Å². The van der Waals surface area contributed by atoms with Crippen LogP contribution in [0.25, 0.3) is 0 Å². The Balaban J connectivity index is 3.37. The molecule has 0 aliphatic rings. The third kappa shape index (κ3) is 2.03. The maximum Gasteiger partial charge on any atom is 0.341 e. The predicted molar refractivity (Wildman–Crippen MR) is 53.7 cm³/mol. The van der Waals surface area contributed by atoms with Crippen LogP contribution in [0, 0.1) is 11.3 Å². The Kier molecular flexibility index (Phi) is 3.53. The zero-order valence-electron chi connectivity index (χ0n) is 7.95. The minimum absolute atomic E-state index is 0.00662. The van der Waals surface area contributed by atoms with Crippen molar-refractivity contribution in [3.05, 3.63) is 28.8 Å². The molecule has 0 heterocycles. The summed E-state index contributed by atoms with van der Waals surface area (Å²) in [5.41, 5.74) is 0.490.